The molecule has 0 fully saturated rings. The lowest BCUT2D eigenvalue weighted by Crippen LogP contribution is -2.45. The summed E-state index contributed by atoms with van der Waals surface area (Å²) in [5.74, 6) is -0.0507. The third kappa shape index (κ3) is 67.3. The van der Waals surface area contributed by atoms with Gasteiger partial charge in [0.25, 0.3) is 0 Å². The first kappa shape index (κ1) is 79.3. The molecule has 480 valence electrons. The summed E-state index contributed by atoms with van der Waals surface area (Å²) in [4.78, 5) is 24.7. The highest BCUT2D eigenvalue weighted by Crippen LogP contribution is 2.19. The van der Waals surface area contributed by atoms with Gasteiger partial charge in [-0.25, -0.2) is 0 Å². The van der Waals surface area contributed by atoms with E-state index in [1.165, 1.54) is 347 Å². The lowest BCUT2D eigenvalue weighted by Gasteiger charge is -2.20. The van der Waals surface area contributed by atoms with Crippen LogP contribution >= 0.6 is 0 Å². The molecule has 81 heavy (non-hydrogen) atoms. The Labute approximate surface area is 507 Å². The monoisotopic (exact) mass is 1140 g/mol. The van der Waals surface area contributed by atoms with E-state index in [1.54, 1.807) is 6.08 Å². The number of aliphatic hydroxyl groups is 2. The van der Waals surface area contributed by atoms with Crippen molar-refractivity contribution in [3.8, 4) is 0 Å². The summed E-state index contributed by atoms with van der Waals surface area (Å²) in [6.07, 6.45) is 89.8. The summed E-state index contributed by atoms with van der Waals surface area (Å²) in [6, 6.07) is -0.629. The molecule has 0 spiro atoms. The van der Waals surface area contributed by atoms with Crippen LogP contribution in [-0.2, 0) is 14.3 Å². The maximum absolute atomic E-state index is 12.5. The second kappa shape index (κ2) is 70.8. The minimum atomic E-state index is -0.845. The van der Waals surface area contributed by atoms with E-state index in [2.05, 4.69) is 31.3 Å². The molecule has 0 saturated heterocycles. The third-order valence-electron chi connectivity index (χ3n) is 17.5. The minimum Gasteiger partial charge on any atom is -0.466 e. The molecule has 0 radical (unpaired) electrons. The molecule has 6 heteroatoms. The summed E-state index contributed by atoms with van der Waals surface area (Å²) in [6.45, 7) is 4.95. The SMILES string of the molecule is CCCCCCCCC/C=C\CCCCCCCCCC(=O)OCCCCCCCCCCCCCCCCCCCCCCCCCC(=O)NC(CO)C(O)/C=C/CCCCCCCCCCCCCCCCCCCCCCC. The Morgan fingerprint density at radius 3 is 0.877 bits per heavy atom. The van der Waals surface area contributed by atoms with Crippen molar-refractivity contribution in [1.82, 2.24) is 5.32 Å². The Hall–Kier alpha value is -1.66. The van der Waals surface area contributed by atoms with Gasteiger partial charge >= 0.3 is 5.97 Å². The number of rotatable bonds is 70. The molecular weight excluding hydrogens is 995 g/mol. The van der Waals surface area contributed by atoms with Crippen molar-refractivity contribution < 1.29 is 24.5 Å². The van der Waals surface area contributed by atoms with E-state index >= 15 is 0 Å². The summed E-state index contributed by atoms with van der Waals surface area (Å²) in [7, 11) is 0. The molecule has 6 nitrogen and oxygen atoms in total. The van der Waals surface area contributed by atoms with Gasteiger partial charge < -0.3 is 20.3 Å². The molecule has 2 atom stereocenters. The second-order valence-corrected chi connectivity index (χ2v) is 25.6. The van der Waals surface area contributed by atoms with Gasteiger partial charge in [-0.2, -0.15) is 0 Å². The van der Waals surface area contributed by atoms with Crippen LogP contribution in [0.1, 0.15) is 418 Å². The van der Waals surface area contributed by atoms with Crippen molar-refractivity contribution in [2.75, 3.05) is 13.2 Å². The molecule has 0 aromatic rings. The number of ether oxygens (including phenoxy) is 1. The van der Waals surface area contributed by atoms with E-state index < -0.39 is 12.1 Å². The second-order valence-electron chi connectivity index (χ2n) is 25.6. The smallest absolute Gasteiger partial charge is 0.305 e. The van der Waals surface area contributed by atoms with Crippen LogP contribution < -0.4 is 5.32 Å². The fourth-order valence-corrected chi connectivity index (χ4v) is 11.8. The van der Waals surface area contributed by atoms with Crippen molar-refractivity contribution in [3.63, 3.8) is 0 Å². The summed E-state index contributed by atoms with van der Waals surface area (Å²) in [5.41, 5.74) is 0. The van der Waals surface area contributed by atoms with Gasteiger partial charge in [0.05, 0.1) is 25.4 Å². The predicted octanol–water partition coefficient (Wildman–Crippen LogP) is 24.1. The molecular formula is C75H145NO5. The van der Waals surface area contributed by atoms with Gasteiger partial charge in [0.2, 0.25) is 5.91 Å². The number of amides is 1. The minimum absolute atomic E-state index is 0.0121. The number of aliphatic hydroxyl groups excluding tert-OH is 2. The molecule has 0 heterocycles. The molecule has 0 bridgehead atoms. The Balaban J connectivity index is 3.39. The zero-order valence-electron chi connectivity index (χ0n) is 55.0. The van der Waals surface area contributed by atoms with Gasteiger partial charge in [-0.1, -0.05) is 372 Å². The molecule has 0 rings (SSSR count). The fraction of sp³-hybridized carbons (Fsp3) is 0.920. The molecule has 0 aliphatic heterocycles. The maximum atomic E-state index is 12.5. The fourth-order valence-electron chi connectivity index (χ4n) is 11.8. The van der Waals surface area contributed by atoms with E-state index in [9.17, 15) is 19.8 Å². The van der Waals surface area contributed by atoms with Gasteiger partial charge in [0.1, 0.15) is 0 Å². The lowest BCUT2D eigenvalue weighted by molar-refractivity contribution is -0.143. The van der Waals surface area contributed by atoms with Gasteiger partial charge in [0, 0.05) is 12.8 Å². The van der Waals surface area contributed by atoms with Gasteiger partial charge in [-0.05, 0) is 57.8 Å². The molecule has 0 saturated carbocycles. The average molecular weight is 1140 g/mol. The van der Waals surface area contributed by atoms with Crippen LogP contribution in [0.2, 0.25) is 0 Å². The molecule has 0 aromatic heterocycles. The van der Waals surface area contributed by atoms with Crippen LogP contribution in [0.15, 0.2) is 24.3 Å². The summed E-state index contributed by atoms with van der Waals surface area (Å²) in [5, 5.41) is 23.3. The van der Waals surface area contributed by atoms with Crippen LogP contribution in [-0.4, -0.2) is 47.4 Å². The zero-order chi connectivity index (χ0) is 58.5. The number of esters is 1. The Bertz CT molecular complexity index is 1270. The standard InChI is InChI=1S/C75H145NO5/c1-3-5-7-9-11-13-15-17-19-21-23-24-26-29-32-35-39-43-47-51-55-59-63-67-73(78)72(71-77)76-74(79)68-64-60-56-52-48-44-40-36-33-30-27-25-28-31-34-38-42-46-50-54-58-62-66-70-81-75(80)69-65-61-57-53-49-45-41-37-22-20-18-16-14-12-10-8-6-4-2/h20,22,63,67,72-73,77-78H,3-19,21,23-62,64-66,68-71H2,1-2H3,(H,76,79)/b22-20-,67-63+. The van der Waals surface area contributed by atoms with Crippen LogP contribution in [0, 0.1) is 0 Å². The number of hydrogen-bond acceptors (Lipinski definition) is 5. The van der Waals surface area contributed by atoms with Gasteiger partial charge in [-0.3, -0.25) is 9.59 Å². The number of unbranched alkanes of at least 4 members (excludes halogenated alkanes) is 57. The number of allylic oxidation sites excluding steroid dienone is 3. The van der Waals surface area contributed by atoms with Crippen molar-refractivity contribution in [2.24, 2.45) is 0 Å². The molecule has 1 amide bonds. The highest BCUT2D eigenvalue weighted by atomic mass is 16.5. The summed E-state index contributed by atoms with van der Waals surface area (Å²) < 4.78 is 5.51. The Morgan fingerprint density at radius 1 is 0.333 bits per heavy atom. The number of carbonyl (C=O) groups is 2. The van der Waals surface area contributed by atoms with Crippen molar-refractivity contribution >= 4 is 11.9 Å². The van der Waals surface area contributed by atoms with Crippen LogP contribution in [0.4, 0.5) is 0 Å². The van der Waals surface area contributed by atoms with Gasteiger partial charge in [0.15, 0.2) is 0 Å². The highest BCUT2D eigenvalue weighted by molar-refractivity contribution is 5.76. The molecule has 0 aliphatic rings. The third-order valence-corrected chi connectivity index (χ3v) is 17.5. The first-order chi connectivity index (χ1) is 40.0. The van der Waals surface area contributed by atoms with Crippen molar-refractivity contribution in [1.29, 1.82) is 0 Å². The average Bonchev–Trinajstić information content (AvgIpc) is 3.47. The zero-order valence-corrected chi connectivity index (χ0v) is 55.0. The molecule has 0 aromatic carbocycles. The quantitative estimate of drug-likeness (QED) is 0.0320. The van der Waals surface area contributed by atoms with Gasteiger partial charge in [-0.15, -0.1) is 0 Å². The van der Waals surface area contributed by atoms with Crippen molar-refractivity contribution in [3.05, 3.63) is 24.3 Å². The van der Waals surface area contributed by atoms with E-state index in [0.29, 0.717) is 19.4 Å². The van der Waals surface area contributed by atoms with E-state index in [0.717, 1.165) is 44.9 Å². The Kier molecular flexibility index (Phi) is 69.4. The number of hydrogen-bond donors (Lipinski definition) is 3. The van der Waals surface area contributed by atoms with E-state index in [1.807, 2.05) is 6.08 Å². The molecule has 0 aliphatic carbocycles. The summed E-state index contributed by atoms with van der Waals surface area (Å²) >= 11 is 0. The number of nitrogens with one attached hydrogen (secondary N) is 1. The van der Waals surface area contributed by atoms with E-state index in [4.69, 9.17) is 4.74 Å². The lowest BCUT2D eigenvalue weighted by atomic mass is 10.0. The first-order valence-corrected chi connectivity index (χ1v) is 37.1. The predicted molar refractivity (Wildman–Crippen MR) is 356 cm³/mol. The van der Waals surface area contributed by atoms with Crippen LogP contribution in [0.3, 0.4) is 0 Å². The highest BCUT2D eigenvalue weighted by Gasteiger charge is 2.18. The van der Waals surface area contributed by atoms with E-state index in [-0.39, 0.29) is 18.5 Å². The largest absolute Gasteiger partial charge is 0.466 e. The topological polar surface area (TPSA) is 95.9 Å². The maximum Gasteiger partial charge on any atom is 0.305 e. The Morgan fingerprint density at radius 2 is 0.580 bits per heavy atom. The van der Waals surface area contributed by atoms with Crippen molar-refractivity contribution in [2.45, 2.75) is 431 Å². The van der Waals surface area contributed by atoms with Crippen LogP contribution in [0.5, 0.6) is 0 Å². The van der Waals surface area contributed by atoms with Crippen LogP contribution in [0.25, 0.3) is 0 Å². The first-order valence-electron chi connectivity index (χ1n) is 37.1. The molecule has 2 unspecified atom stereocenters. The number of carbonyl (C=O) groups excluding carboxylic acids is 2. The normalized spacial score (nSPS) is 12.6. The molecule has 3 N–H and O–H groups in total.